The van der Waals surface area contributed by atoms with E-state index >= 15 is 0 Å². The van der Waals surface area contributed by atoms with Crippen molar-refractivity contribution in [2.24, 2.45) is 0 Å². The van der Waals surface area contributed by atoms with Crippen molar-refractivity contribution in [1.29, 1.82) is 0 Å². The maximum Gasteiger partial charge on any atom is 0.287 e. The highest BCUT2D eigenvalue weighted by molar-refractivity contribution is 5.94. The molecule has 1 N–H and O–H groups in total. The summed E-state index contributed by atoms with van der Waals surface area (Å²) in [6.07, 6.45) is 0.764. The number of carbonyl (C=O) groups is 2. The van der Waals surface area contributed by atoms with E-state index in [1.165, 1.54) is 6.92 Å². The zero-order valence-corrected chi connectivity index (χ0v) is 13.4. The number of ketones is 1. The molecule has 0 fully saturated rings. The zero-order valence-electron chi connectivity index (χ0n) is 13.4. The number of rotatable bonds is 8. The van der Waals surface area contributed by atoms with E-state index in [9.17, 15) is 9.59 Å². The second kappa shape index (κ2) is 8.29. The van der Waals surface area contributed by atoms with Crippen molar-refractivity contribution >= 4 is 11.7 Å². The Hall–Kier alpha value is -2.40. The monoisotopic (exact) mass is 315 g/mol. The summed E-state index contributed by atoms with van der Waals surface area (Å²) in [6.45, 7) is 5.31. The van der Waals surface area contributed by atoms with Crippen LogP contribution in [-0.4, -0.2) is 31.4 Å². The molecule has 0 saturated carbocycles. The van der Waals surface area contributed by atoms with Crippen molar-refractivity contribution < 1.29 is 18.7 Å². The molecule has 0 spiro atoms. The third-order valence-corrected chi connectivity index (χ3v) is 3.36. The second-order valence-corrected chi connectivity index (χ2v) is 5.10. The zero-order chi connectivity index (χ0) is 16.7. The lowest BCUT2D eigenvalue weighted by Crippen LogP contribution is -2.24. The molecule has 0 atom stereocenters. The van der Waals surface area contributed by atoms with E-state index in [0.717, 1.165) is 12.0 Å². The van der Waals surface area contributed by atoms with Crippen LogP contribution >= 0.6 is 0 Å². The van der Waals surface area contributed by atoms with Gasteiger partial charge in [-0.05, 0) is 32.4 Å². The van der Waals surface area contributed by atoms with Crippen molar-refractivity contribution in [3.05, 3.63) is 47.7 Å². The van der Waals surface area contributed by atoms with Gasteiger partial charge in [0.05, 0.1) is 0 Å². The Labute approximate surface area is 135 Å². The van der Waals surface area contributed by atoms with Crippen LogP contribution in [0.2, 0.25) is 0 Å². The summed E-state index contributed by atoms with van der Waals surface area (Å²) in [5, 5.41) is 2.79. The van der Waals surface area contributed by atoms with Gasteiger partial charge < -0.3 is 14.5 Å². The first-order valence-electron chi connectivity index (χ1n) is 7.69. The first kappa shape index (κ1) is 17.0. The van der Waals surface area contributed by atoms with Gasteiger partial charge in [0.25, 0.3) is 5.91 Å². The van der Waals surface area contributed by atoms with Crippen LogP contribution in [0.4, 0.5) is 0 Å². The van der Waals surface area contributed by atoms with Gasteiger partial charge in [0.1, 0.15) is 5.76 Å². The molecule has 0 radical (unpaired) electrons. The number of carbonyl (C=O) groups excluding carboxylic acids is 2. The molecular weight excluding hydrogens is 294 g/mol. The lowest BCUT2D eigenvalue weighted by atomic mass is 10.1. The van der Waals surface area contributed by atoms with Crippen LogP contribution in [0, 0.1) is 0 Å². The Morgan fingerprint density at radius 1 is 1.13 bits per heavy atom. The SMILES string of the molecule is CCOCCCNC(=O)c1ccc(-c2ccc(C(C)=O)cc2)o1. The lowest BCUT2D eigenvalue weighted by molar-refractivity contribution is 0.0917. The number of hydrogen-bond donors (Lipinski definition) is 1. The highest BCUT2D eigenvalue weighted by Gasteiger charge is 2.12. The maximum atomic E-state index is 12.0. The van der Waals surface area contributed by atoms with Crippen molar-refractivity contribution in [2.45, 2.75) is 20.3 Å². The predicted octanol–water partition coefficient (Wildman–Crippen LogP) is 3.31. The van der Waals surface area contributed by atoms with Crippen LogP contribution in [0.1, 0.15) is 41.2 Å². The largest absolute Gasteiger partial charge is 0.451 e. The second-order valence-electron chi connectivity index (χ2n) is 5.10. The molecule has 1 heterocycles. The van der Waals surface area contributed by atoms with E-state index < -0.39 is 0 Å². The smallest absolute Gasteiger partial charge is 0.287 e. The third kappa shape index (κ3) is 4.79. The molecule has 1 aromatic heterocycles. The van der Waals surface area contributed by atoms with Crippen molar-refractivity contribution in [3.8, 4) is 11.3 Å². The van der Waals surface area contributed by atoms with Crippen LogP contribution in [0.15, 0.2) is 40.8 Å². The summed E-state index contributed by atoms with van der Waals surface area (Å²) in [5.41, 5.74) is 1.47. The standard InChI is InChI=1S/C18H21NO4/c1-3-22-12-4-11-19-18(21)17-10-9-16(23-17)15-7-5-14(6-8-15)13(2)20/h5-10H,3-4,11-12H2,1-2H3,(H,19,21). The summed E-state index contributed by atoms with van der Waals surface area (Å²) < 4.78 is 10.8. The van der Waals surface area contributed by atoms with Crippen molar-refractivity contribution in [2.75, 3.05) is 19.8 Å². The summed E-state index contributed by atoms with van der Waals surface area (Å²) in [7, 11) is 0. The van der Waals surface area contributed by atoms with Crippen LogP contribution in [-0.2, 0) is 4.74 Å². The highest BCUT2D eigenvalue weighted by atomic mass is 16.5. The third-order valence-electron chi connectivity index (χ3n) is 3.36. The van der Waals surface area contributed by atoms with Gasteiger partial charge in [0, 0.05) is 30.9 Å². The van der Waals surface area contributed by atoms with Crippen LogP contribution in [0.5, 0.6) is 0 Å². The van der Waals surface area contributed by atoms with E-state index in [1.807, 2.05) is 6.92 Å². The van der Waals surface area contributed by atoms with Gasteiger partial charge in [0.2, 0.25) is 0 Å². The minimum Gasteiger partial charge on any atom is -0.451 e. The number of Topliss-reactive ketones (excluding diaryl/α,β-unsaturated/α-hetero) is 1. The van der Waals surface area contributed by atoms with E-state index in [-0.39, 0.29) is 17.5 Å². The van der Waals surface area contributed by atoms with Crippen LogP contribution < -0.4 is 5.32 Å². The molecule has 1 amide bonds. The molecule has 2 aromatic rings. The molecule has 0 aliphatic carbocycles. The molecule has 122 valence electrons. The van der Waals surface area contributed by atoms with E-state index in [0.29, 0.717) is 31.1 Å². The van der Waals surface area contributed by atoms with Crippen LogP contribution in [0.3, 0.4) is 0 Å². The number of benzene rings is 1. The van der Waals surface area contributed by atoms with Gasteiger partial charge in [-0.25, -0.2) is 0 Å². The van der Waals surface area contributed by atoms with Gasteiger partial charge in [-0.3, -0.25) is 9.59 Å². The maximum absolute atomic E-state index is 12.0. The Morgan fingerprint density at radius 2 is 1.87 bits per heavy atom. The minimum absolute atomic E-state index is 0.0168. The van der Waals surface area contributed by atoms with Crippen molar-refractivity contribution in [3.63, 3.8) is 0 Å². The molecule has 0 unspecified atom stereocenters. The number of hydrogen-bond acceptors (Lipinski definition) is 4. The van der Waals surface area contributed by atoms with Gasteiger partial charge in [-0.15, -0.1) is 0 Å². The Bertz CT molecular complexity index is 658. The van der Waals surface area contributed by atoms with E-state index in [2.05, 4.69) is 5.32 Å². The fraction of sp³-hybridized carbons (Fsp3) is 0.333. The van der Waals surface area contributed by atoms with Gasteiger partial charge in [0.15, 0.2) is 11.5 Å². The fourth-order valence-corrected chi connectivity index (χ4v) is 2.09. The van der Waals surface area contributed by atoms with E-state index in [4.69, 9.17) is 9.15 Å². The first-order valence-corrected chi connectivity index (χ1v) is 7.69. The normalized spacial score (nSPS) is 10.5. The van der Waals surface area contributed by atoms with Gasteiger partial charge in [-0.2, -0.15) is 0 Å². The van der Waals surface area contributed by atoms with Gasteiger partial charge in [-0.1, -0.05) is 24.3 Å². The topological polar surface area (TPSA) is 68.5 Å². The summed E-state index contributed by atoms with van der Waals surface area (Å²) in [4.78, 5) is 23.2. The molecule has 1 aromatic carbocycles. The first-order chi connectivity index (χ1) is 11.1. The minimum atomic E-state index is -0.242. The highest BCUT2D eigenvalue weighted by Crippen LogP contribution is 2.22. The van der Waals surface area contributed by atoms with E-state index in [1.54, 1.807) is 36.4 Å². The van der Waals surface area contributed by atoms with Gasteiger partial charge >= 0.3 is 0 Å². The Kier molecular flexibility index (Phi) is 6.11. The van der Waals surface area contributed by atoms with Crippen LogP contribution in [0.25, 0.3) is 11.3 Å². The number of amides is 1. The molecule has 5 heteroatoms. The summed E-state index contributed by atoms with van der Waals surface area (Å²) >= 11 is 0. The number of furan rings is 1. The average Bonchev–Trinajstić information content (AvgIpc) is 3.04. The molecule has 0 aliphatic rings. The molecule has 23 heavy (non-hydrogen) atoms. The number of ether oxygens (including phenoxy) is 1. The fourth-order valence-electron chi connectivity index (χ4n) is 2.09. The molecule has 0 aliphatic heterocycles. The molecular formula is C18H21NO4. The number of nitrogens with one attached hydrogen (secondary N) is 1. The Morgan fingerprint density at radius 3 is 2.52 bits per heavy atom. The molecule has 0 bridgehead atoms. The lowest BCUT2D eigenvalue weighted by Gasteiger charge is -2.03. The average molecular weight is 315 g/mol. The summed E-state index contributed by atoms with van der Waals surface area (Å²) in [6, 6.07) is 10.5. The van der Waals surface area contributed by atoms with Crippen molar-refractivity contribution in [1.82, 2.24) is 5.32 Å². The predicted molar refractivity (Wildman–Crippen MR) is 87.6 cm³/mol. The molecule has 5 nitrogen and oxygen atoms in total. The summed E-state index contributed by atoms with van der Waals surface area (Å²) in [5.74, 6) is 0.642. The quantitative estimate of drug-likeness (QED) is 0.599. The molecule has 2 rings (SSSR count). The molecule has 0 saturated heterocycles. The Balaban J connectivity index is 1.94.